The van der Waals surface area contributed by atoms with E-state index in [1.54, 1.807) is 12.1 Å². The zero-order valence-corrected chi connectivity index (χ0v) is 12.0. The van der Waals surface area contributed by atoms with E-state index in [0.29, 0.717) is 17.1 Å². The average Bonchev–Trinajstić information content (AvgIpc) is 2.37. The summed E-state index contributed by atoms with van der Waals surface area (Å²) in [5.41, 5.74) is 1.22. The van der Waals surface area contributed by atoms with Crippen molar-refractivity contribution < 1.29 is 19.4 Å². The molecule has 1 aromatic carbocycles. The summed E-state index contributed by atoms with van der Waals surface area (Å²) in [7, 11) is 2.99. The van der Waals surface area contributed by atoms with Gasteiger partial charge in [-0.25, -0.2) is 0 Å². The monoisotopic (exact) mass is 267 g/mol. The van der Waals surface area contributed by atoms with E-state index in [9.17, 15) is 9.90 Å². The molecule has 5 nitrogen and oxygen atoms in total. The van der Waals surface area contributed by atoms with E-state index in [1.165, 1.54) is 14.2 Å². The van der Waals surface area contributed by atoms with Crippen LogP contribution in [0.2, 0.25) is 0 Å². The van der Waals surface area contributed by atoms with Gasteiger partial charge in [-0.3, -0.25) is 4.79 Å². The van der Waals surface area contributed by atoms with Crippen molar-refractivity contribution in [1.82, 2.24) is 5.32 Å². The van der Waals surface area contributed by atoms with Crippen LogP contribution in [0.5, 0.6) is 11.5 Å². The molecule has 0 saturated carbocycles. The van der Waals surface area contributed by atoms with Gasteiger partial charge in [0.1, 0.15) is 6.23 Å². The van der Waals surface area contributed by atoms with Crippen LogP contribution >= 0.6 is 0 Å². The highest BCUT2D eigenvalue weighted by atomic mass is 16.5. The Morgan fingerprint density at radius 1 is 1.26 bits per heavy atom. The van der Waals surface area contributed by atoms with Gasteiger partial charge in [0.25, 0.3) is 5.91 Å². The summed E-state index contributed by atoms with van der Waals surface area (Å²) in [5.74, 6) is 0.398. The number of ether oxygens (including phenoxy) is 2. The number of aliphatic hydroxyl groups is 1. The summed E-state index contributed by atoms with van der Waals surface area (Å²) in [6.45, 7) is 5.50. The molecule has 0 aliphatic heterocycles. The highest BCUT2D eigenvalue weighted by Gasteiger charge is 2.20. The fourth-order valence-corrected chi connectivity index (χ4v) is 1.65. The summed E-state index contributed by atoms with van der Waals surface area (Å²) in [5, 5.41) is 12.2. The molecule has 0 fully saturated rings. The lowest BCUT2D eigenvalue weighted by Crippen LogP contribution is -2.38. The van der Waals surface area contributed by atoms with Crippen LogP contribution in [0.15, 0.2) is 12.1 Å². The maximum absolute atomic E-state index is 12.2. The zero-order valence-electron chi connectivity index (χ0n) is 12.0. The maximum Gasteiger partial charge on any atom is 0.257 e. The molecule has 1 amide bonds. The number of amides is 1. The highest BCUT2D eigenvalue weighted by Crippen LogP contribution is 2.32. The lowest BCUT2D eigenvalue weighted by Gasteiger charge is -2.18. The molecule has 5 heteroatoms. The number of nitrogens with one attached hydrogen (secondary N) is 1. The molecule has 1 rings (SSSR count). The van der Waals surface area contributed by atoms with Crippen molar-refractivity contribution in [1.29, 1.82) is 0 Å². The number of benzene rings is 1. The fourth-order valence-electron chi connectivity index (χ4n) is 1.65. The second kappa shape index (κ2) is 6.43. The molecule has 0 saturated heterocycles. The number of aliphatic hydroxyl groups excluding tert-OH is 1. The molecule has 0 radical (unpaired) electrons. The molecular weight excluding hydrogens is 246 g/mol. The van der Waals surface area contributed by atoms with Crippen LogP contribution in [0.3, 0.4) is 0 Å². The SMILES string of the molecule is COc1cc(C)cc(C(=O)NC(O)C(C)C)c1OC. The molecule has 1 unspecified atom stereocenters. The first kappa shape index (κ1) is 15.3. The van der Waals surface area contributed by atoms with Crippen molar-refractivity contribution >= 4 is 5.91 Å². The standard InChI is InChI=1S/C14H21NO4/c1-8(2)13(16)15-14(17)10-6-9(3)7-11(18-4)12(10)19-5/h6-8,13,16H,1-5H3,(H,15,17). The van der Waals surface area contributed by atoms with Gasteiger partial charge in [0.05, 0.1) is 19.8 Å². The Hall–Kier alpha value is -1.75. The second-order valence-electron chi connectivity index (χ2n) is 4.71. The molecule has 19 heavy (non-hydrogen) atoms. The summed E-state index contributed by atoms with van der Waals surface area (Å²) >= 11 is 0. The highest BCUT2D eigenvalue weighted by molar-refractivity contribution is 5.98. The van der Waals surface area contributed by atoms with E-state index in [0.717, 1.165) is 5.56 Å². The topological polar surface area (TPSA) is 67.8 Å². The summed E-state index contributed by atoms with van der Waals surface area (Å²) in [6, 6.07) is 3.48. The minimum Gasteiger partial charge on any atom is -0.493 e. The normalized spacial score (nSPS) is 12.2. The third-order valence-corrected chi connectivity index (χ3v) is 2.78. The molecule has 0 bridgehead atoms. The van der Waals surface area contributed by atoms with Gasteiger partial charge < -0.3 is 19.9 Å². The van der Waals surface area contributed by atoms with Crippen molar-refractivity contribution in [3.63, 3.8) is 0 Å². The van der Waals surface area contributed by atoms with E-state index in [4.69, 9.17) is 9.47 Å². The van der Waals surface area contributed by atoms with Gasteiger partial charge >= 0.3 is 0 Å². The lowest BCUT2D eigenvalue weighted by atomic mass is 10.1. The molecule has 0 heterocycles. The summed E-state index contributed by atoms with van der Waals surface area (Å²) in [6.07, 6.45) is -0.899. The van der Waals surface area contributed by atoms with Crippen molar-refractivity contribution in [3.05, 3.63) is 23.3 Å². The van der Waals surface area contributed by atoms with Crippen molar-refractivity contribution in [2.45, 2.75) is 27.0 Å². The first-order chi connectivity index (χ1) is 8.90. The van der Waals surface area contributed by atoms with Crippen molar-refractivity contribution in [2.75, 3.05) is 14.2 Å². The van der Waals surface area contributed by atoms with Crippen LogP contribution in [-0.4, -0.2) is 31.5 Å². The molecule has 2 N–H and O–H groups in total. The smallest absolute Gasteiger partial charge is 0.257 e. The number of carbonyl (C=O) groups is 1. The van der Waals surface area contributed by atoms with Crippen LogP contribution < -0.4 is 14.8 Å². The number of methoxy groups -OCH3 is 2. The van der Waals surface area contributed by atoms with E-state index >= 15 is 0 Å². The van der Waals surface area contributed by atoms with Crippen LogP contribution in [-0.2, 0) is 0 Å². The third-order valence-electron chi connectivity index (χ3n) is 2.78. The number of rotatable bonds is 5. The lowest BCUT2D eigenvalue weighted by molar-refractivity contribution is 0.0644. The third kappa shape index (κ3) is 3.61. The molecule has 0 aliphatic carbocycles. The molecule has 0 aromatic heterocycles. The molecule has 106 valence electrons. The minimum atomic E-state index is -0.899. The summed E-state index contributed by atoms with van der Waals surface area (Å²) in [4.78, 5) is 12.2. The number of aryl methyl sites for hydroxylation is 1. The van der Waals surface area contributed by atoms with Crippen LogP contribution in [0, 0.1) is 12.8 Å². The van der Waals surface area contributed by atoms with Crippen molar-refractivity contribution in [3.8, 4) is 11.5 Å². The fraction of sp³-hybridized carbons (Fsp3) is 0.500. The van der Waals surface area contributed by atoms with Gasteiger partial charge in [-0.05, 0) is 30.5 Å². The van der Waals surface area contributed by atoms with Gasteiger partial charge in [0, 0.05) is 0 Å². The van der Waals surface area contributed by atoms with E-state index < -0.39 is 6.23 Å². The predicted octanol–water partition coefficient (Wildman–Crippen LogP) is 1.72. The van der Waals surface area contributed by atoms with Gasteiger partial charge in [0.2, 0.25) is 0 Å². The Balaban J connectivity index is 3.11. The van der Waals surface area contributed by atoms with Crippen LogP contribution in [0.1, 0.15) is 29.8 Å². The van der Waals surface area contributed by atoms with Crippen LogP contribution in [0.25, 0.3) is 0 Å². The number of carbonyl (C=O) groups excluding carboxylic acids is 1. The molecule has 1 aromatic rings. The number of hydrogen-bond acceptors (Lipinski definition) is 4. The largest absolute Gasteiger partial charge is 0.493 e. The Labute approximate surface area is 113 Å². The molecule has 0 spiro atoms. The summed E-state index contributed by atoms with van der Waals surface area (Å²) < 4.78 is 10.4. The molecular formula is C14H21NO4. The van der Waals surface area contributed by atoms with Gasteiger partial charge in [-0.1, -0.05) is 13.8 Å². The number of hydrogen-bond donors (Lipinski definition) is 2. The Morgan fingerprint density at radius 3 is 2.37 bits per heavy atom. The van der Waals surface area contributed by atoms with E-state index in [-0.39, 0.29) is 11.8 Å². The first-order valence-electron chi connectivity index (χ1n) is 6.12. The first-order valence-corrected chi connectivity index (χ1v) is 6.12. The average molecular weight is 267 g/mol. The predicted molar refractivity (Wildman–Crippen MR) is 72.6 cm³/mol. The zero-order chi connectivity index (χ0) is 14.6. The van der Waals surface area contributed by atoms with Gasteiger partial charge in [0.15, 0.2) is 11.5 Å². The quantitative estimate of drug-likeness (QED) is 0.797. The van der Waals surface area contributed by atoms with Crippen molar-refractivity contribution in [2.24, 2.45) is 5.92 Å². The second-order valence-corrected chi connectivity index (χ2v) is 4.71. The van der Waals surface area contributed by atoms with Crippen LogP contribution in [0.4, 0.5) is 0 Å². The van der Waals surface area contributed by atoms with E-state index in [1.807, 2.05) is 20.8 Å². The molecule has 0 aliphatic rings. The Morgan fingerprint density at radius 2 is 1.89 bits per heavy atom. The maximum atomic E-state index is 12.2. The van der Waals surface area contributed by atoms with Gasteiger partial charge in [-0.2, -0.15) is 0 Å². The Kier molecular flexibility index (Phi) is 5.18. The Bertz CT molecular complexity index is 457. The minimum absolute atomic E-state index is 0.0679. The van der Waals surface area contributed by atoms with Gasteiger partial charge in [-0.15, -0.1) is 0 Å². The molecule has 1 atom stereocenters. The van der Waals surface area contributed by atoms with E-state index in [2.05, 4.69) is 5.32 Å².